The molecule has 0 saturated heterocycles. The number of hydrazine groups is 1. The number of para-hydroxylation sites is 1. The van der Waals surface area contributed by atoms with E-state index in [0.29, 0.717) is 12.2 Å². The smallest absolute Gasteiger partial charge is 0.408 e. The van der Waals surface area contributed by atoms with E-state index in [1.807, 2.05) is 48.5 Å². The molecule has 0 spiro atoms. The number of esters is 1. The first-order valence-corrected chi connectivity index (χ1v) is 12.0. The number of anilines is 1. The molecule has 0 fully saturated rings. The van der Waals surface area contributed by atoms with Crippen LogP contribution in [0.5, 0.6) is 0 Å². The molecule has 35 heavy (non-hydrogen) atoms. The van der Waals surface area contributed by atoms with Gasteiger partial charge in [-0.1, -0.05) is 68.3 Å². The van der Waals surface area contributed by atoms with E-state index in [1.165, 1.54) is 5.01 Å². The number of rotatable bonds is 12. The Kier molecular flexibility index (Phi) is 11.2. The number of carbonyl (C=O) groups excluding carboxylic acids is 3. The molecule has 0 aliphatic carbocycles. The van der Waals surface area contributed by atoms with Crippen molar-refractivity contribution in [3.8, 4) is 0 Å². The number of benzene rings is 2. The Balaban J connectivity index is 2.16. The molecular formula is C27H37N3O5. The van der Waals surface area contributed by atoms with Gasteiger partial charge in [0.2, 0.25) is 5.91 Å². The zero-order valence-electron chi connectivity index (χ0n) is 21.1. The minimum absolute atomic E-state index is 0.0258. The number of hydrogen-bond acceptors (Lipinski definition) is 6. The fraction of sp³-hybridized carbons (Fsp3) is 0.444. The van der Waals surface area contributed by atoms with Crippen LogP contribution in [0.25, 0.3) is 0 Å². The van der Waals surface area contributed by atoms with Crippen molar-refractivity contribution >= 4 is 23.7 Å². The highest BCUT2D eigenvalue weighted by Gasteiger charge is 2.30. The van der Waals surface area contributed by atoms with Gasteiger partial charge in [0.25, 0.3) is 0 Å². The van der Waals surface area contributed by atoms with Gasteiger partial charge < -0.3 is 14.8 Å². The summed E-state index contributed by atoms with van der Waals surface area (Å²) in [5.74, 6) is -1.10. The number of unbranched alkanes of at least 4 members (excludes halogenated alkanes) is 2. The third-order valence-corrected chi connectivity index (χ3v) is 4.89. The van der Waals surface area contributed by atoms with E-state index >= 15 is 0 Å². The van der Waals surface area contributed by atoms with Crippen LogP contribution >= 0.6 is 0 Å². The molecule has 2 N–H and O–H groups in total. The molecule has 0 aliphatic heterocycles. The average molecular weight is 484 g/mol. The van der Waals surface area contributed by atoms with E-state index in [-0.39, 0.29) is 18.9 Å². The van der Waals surface area contributed by atoms with Crippen LogP contribution in [-0.4, -0.2) is 36.2 Å². The van der Waals surface area contributed by atoms with Crippen LogP contribution in [0.2, 0.25) is 0 Å². The van der Waals surface area contributed by atoms with Crippen molar-refractivity contribution in [2.45, 2.75) is 71.6 Å². The van der Waals surface area contributed by atoms with Crippen molar-refractivity contribution in [2.75, 3.05) is 11.6 Å². The molecule has 8 heteroatoms. The van der Waals surface area contributed by atoms with Gasteiger partial charge in [-0.05, 0) is 44.9 Å². The summed E-state index contributed by atoms with van der Waals surface area (Å²) in [5, 5.41) is 3.93. The molecule has 0 saturated carbocycles. The third kappa shape index (κ3) is 10.6. The zero-order chi connectivity index (χ0) is 25.7. The van der Waals surface area contributed by atoms with E-state index in [0.717, 1.165) is 24.8 Å². The lowest BCUT2D eigenvalue weighted by atomic mass is 10.1. The van der Waals surface area contributed by atoms with Gasteiger partial charge in [0.1, 0.15) is 18.2 Å². The van der Waals surface area contributed by atoms with Crippen LogP contribution in [0.4, 0.5) is 10.5 Å². The molecule has 0 radical (unpaired) electrons. The first-order valence-electron chi connectivity index (χ1n) is 12.0. The number of nitrogens with one attached hydrogen (secondary N) is 2. The molecular weight excluding hydrogens is 446 g/mol. The second-order valence-corrected chi connectivity index (χ2v) is 9.18. The molecule has 2 aromatic carbocycles. The van der Waals surface area contributed by atoms with Crippen molar-refractivity contribution < 1.29 is 23.9 Å². The Morgan fingerprint density at radius 1 is 0.943 bits per heavy atom. The summed E-state index contributed by atoms with van der Waals surface area (Å²) in [6, 6.07) is 17.1. The van der Waals surface area contributed by atoms with Gasteiger partial charge in [0, 0.05) is 6.54 Å². The molecule has 8 nitrogen and oxygen atoms in total. The predicted octanol–water partition coefficient (Wildman–Crippen LogP) is 4.74. The van der Waals surface area contributed by atoms with Gasteiger partial charge in [-0.2, -0.15) is 0 Å². The molecule has 1 atom stereocenters. The quantitative estimate of drug-likeness (QED) is 0.257. The van der Waals surface area contributed by atoms with Gasteiger partial charge in [-0.25, -0.2) is 20.0 Å². The van der Waals surface area contributed by atoms with Crippen LogP contribution in [0, 0.1) is 0 Å². The standard InChI is InChI=1S/C27H37N3O5/c1-5-6-13-18-28-30(22-16-11-8-12-17-22)24(31)19-23(29-26(33)35-27(2,3)4)25(32)34-20-21-14-9-7-10-15-21/h7-12,14-17,23,28H,5-6,13,18-20H2,1-4H3,(H,29,33). The highest BCUT2D eigenvalue weighted by molar-refractivity contribution is 5.96. The molecule has 2 rings (SSSR count). The largest absolute Gasteiger partial charge is 0.459 e. The van der Waals surface area contributed by atoms with E-state index in [2.05, 4.69) is 17.7 Å². The lowest BCUT2D eigenvalue weighted by Gasteiger charge is -2.27. The lowest BCUT2D eigenvalue weighted by Crippen LogP contribution is -2.50. The first kappa shape index (κ1) is 27.9. The molecule has 0 heterocycles. The summed E-state index contributed by atoms with van der Waals surface area (Å²) in [5.41, 5.74) is 3.83. The van der Waals surface area contributed by atoms with Gasteiger partial charge in [-0.3, -0.25) is 4.79 Å². The Labute approximate surface area is 208 Å². The van der Waals surface area contributed by atoms with Crippen molar-refractivity contribution in [1.82, 2.24) is 10.7 Å². The lowest BCUT2D eigenvalue weighted by molar-refractivity contribution is -0.148. The molecule has 0 aliphatic rings. The number of amides is 2. The van der Waals surface area contributed by atoms with E-state index in [1.54, 1.807) is 32.9 Å². The monoisotopic (exact) mass is 483 g/mol. The Hall–Kier alpha value is -3.39. The highest BCUT2D eigenvalue weighted by atomic mass is 16.6. The summed E-state index contributed by atoms with van der Waals surface area (Å²) in [7, 11) is 0. The SMILES string of the molecule is CCCCCNN(C(=O)CC(NC(=O)OC(C)(C)C)C(=O)OCc1ccccc1)c1ccccc1. The highest BCUT2D eigenvalue weighted by Crippen LogP contribution is 2.15. The number of carbonyl (C=O) groups is 3. The Morgan fingerprint density at radius 3 is 2.17 bits per heavy atom. The van der Waals surface area contributed by atoms with E-state index in [9.17, 15) is 14.4 Å². The molecule has 0 bridgehead atoms. The van der Waals surface area contributed by atoms with Crippen molar-refractivity contribution in [1.29, 1.82) is 0 Å². The van der Waals surface area contributed by atoms with Gasteiger partial charge in [0.15, 0.2) is 0 Å². The third-order valence-electron chi connectivity index (χ3n) is 4.89. The van der Waals surface area contributed by atoms with Crippen LogP contribution in [-0.2, 0) is 25.7 Å². The minimum atomic E-state index is -1.22. The average Bonchev–Trinajstić information content (AvgIpc) is 2.82. The maximum Gasteiger partial charge on any atom is 0.408 e. The predicted molar refractivity (Wildman–Crippen MR) is 135 cm³/mol. The normalized spacial score (nSPS) is 11.9. The Morgan fingerprint density at radius 2 is 1.57 bits per heavy atom. The summed E-state index contributed by atoms with van der Waals surface area (Å²) < 4.78 is 10.7. The van der Waals surface area contributed by atoms with E-state index < -0.39 is 23.7 Å². The van der Waals surface area contributed by atoms with Crippen molar-refractivity contribution in [2.24, 2.45) is 0 Å². The maximum atomic E-state index is 13.3. The van der Waals surface area contributed by atoms with Crippen LogP contribution < -0.4 is 15.8 Å². The number of alkyl carbamates (subject to hydrolysis) is 1. The summed E-state index contributed by atoms with van der Waals surface area (Å²) >= 11 is 0. The second-order valence-electron chi connectivity index (χ2n) is 9.18. The van der Waals surface area contributed by atoms with Crippen LogP contribution in [0.3, 0.4) is 0 Å². The second kappa shape index (κ2) is 14.1. The minimum Gasteiger partial charge on any atom is -0.459 e. The van der Waals surface area contributed by atoms with Crippen molar-refractivity contribution in [3.05, 3.63) is 66.2 Å². The molecule has 2 aromatic rings. The van der Waals surface area contributed by atoms with Crippen LogP contribution in [0.1, 0.15) is 58.9 Å². The van der Waals surface area contributed by atoms with Gasteiger partial charge in [0.05, 0.1) is 12.1 Å². The van der Waals surface area contributed by atoms with E-state index in [4.69, 9.17) is 9.47 Å². The Bertz CT molecular complexity index is 929. The summed E-state index contributed by atoms with van der Waals surface area (Å²) in [6.45, 7) is 7.89. The number of ether oxygens (including phenoxy) is 2. The van der Waals surface area contributed by atoms with Gasteiger partial charge in [-0.15, -0.1) is 0 Å². The first-order chi connectivity index (χ1) is 16.7. The molecule has 0 aromatic heterocycles. The number of hydrogen-bond donors (Lipinski definition) is 2. The zero-order valence-corrected chi connectivity index (χ0v) is 21.1. The molecule has 1 unspecified atom stereocenters. The fourth-order valence-electron chi connectivity index (χ4n) is 3.20. The maximum absolute atomic E-state index is 13.3. The number of nitrogens with zero attached hydrogens (tertiary/aromatic N) is 1. The topological polar surface area (TPSA) is 97.0 Å². The summed E-state index contributed by atoms with van der Waals surface area (Å²) in [6.07, 6.45) is 1.87. The summed E-state index contributed by atoms with van der Waals surface area (Å²) in [4.78, 5) is 38.7. The van der Waals surface area contributed by atoms with Gasteiger partial charge >= 0.3 is 12.1 Å². The van der Waals surface area contributed by atoms with Crippen LogP contribution in [0.15, 0.2) is 60.7 Å². The molecule has 2 amide bonds. The fourth-order valence-corrected chi connectivity index (χ4v) is 3.20. The molecule has 190 valence electrons. The van der Waals surface area contributed by atoms with Crippen molar-refractivity contribution in [3.63, 3.8) is 0 Å².